The van der Waals surface area contributed by atoms with E-state index in [4.69, 9.17) is 15.2 Å². The van der Waals surface area contributed by atoms with Crippen LogP contribution in [0.15, 0.2) is 18.2 Å². The van der Waals surface area contributed by atoms with Crippen LogP contribution in [0.3, 0.4) is 0 Å². The Balaban J connectivity index is 2.13. The second kappa shape index (κ2) is 4.74. The fourth-order valence-electron chi connectivity index (χ4n) is 2.49. The zero-order valence-electron chi connectivity index (χ0n) is 12.0. The summed E-state index contributed by atoms with van der Waals surface area (Å²) in [5.41, 5.74) is 9.33. The summed E-state index contributed by atoms with van der Waals surface area (Å²) in [7, 11) is 5.15. The minimum absolute atomic E-state index is 0.543. The Morgan fingerprint density at radius 3 is 2.50 bits per heavy atom. The molecule has 106 valence electrons. The van der Waals surface area contributed by atoms with Crippen molar-refractivity contribution in [1.29, 1.82) is 0 Å². The smallest absolute Gasteiger partial charge is 0.161 e. The maximum atomic E-state index is 6.19. The molecular formula is C15H19N3O2. The predicted octanol–water partition coefficient (Wildman–Crippen LogP) is 2.56. The van der Waals surface area contributed by atoms with Gasteiger partial charge >= 0.3 is 0 Å². The fourth-order valence-corrected chi connectivity index (χ4v) is 2.49. The van der Waals surface area contributed by atoms with Crippen molar-refractivity contribution in [3.63, 3.8) is 0 Å². The first kappa shape index (κ1) is 12.8. The van der Waals surface area contributed by atoms with Gasteiger partial charge in [-0.2, -0.15) is 5.10 Å². The fraction of sp³-hybridized carbons (Fsp3) is 0.400. The van der Waals surface area contributed by atoms with Gasteiger partial charge in [0.2, 0.25) is 0 Å². The van der Waals surface area contributed by atoms with Crippen molar-refractivity contribution in [3.05, 3.63) is 23.9 Å². The Kier molecular flexibility index (Phi) is 3.04. The number of hydrogen-bond acceptors (Lipinski definition) is 4. The number of nitrogens with two attached hydrogens (primary N) is 1. The Hall–Kier alpha value is -2.17. The molecule has 0 radical (unpaired) electrons. The molecule has 2 aromatic rings. The van der Waals surface area contributed by atoms with Gasteiger partial charge in [0, 0.05) is 18.5 Å². The molecule has 0 unspecified atom stereocenters. The lowest BCUT2D eigenvalue weighted by Crippen LogP contribution is -1.98. The molecule has 2 N–H and O–H groups in total. The third-order valence-corrected chi connectivity index (χ3v) is 3.75. The summed E-state index contributed by atoms with van der Waals surface area (Å²) in [6.45, 7) is 0. The van der Waals surface area contributed by atoms with Crippen LogP contribution in [0.4, 0.5) is 5.82 Å². The first-order valence-corrected chi connectivity index (χ1v) is 6.70. The standard InChI is InChI=1S/C15H19N3O2/c1-18-15(16)13(14(17-18)9-4-5-9)10-6-7-11(19-2)12(8-10)20-3/h6-9H,4-5,16H2,1-3H3. The molecule has 1 heterocycles. The SMILES string of the molecule is COc1ccc(-c2c(C3CC3)nn(C)c2N)cc1OC. The summed E-state index contributed by atoms with van der Waals surface area (Å²) in [5.74, 6) is 2.66. The molecule has 5 heteroatoms. The van der Waals surface area contributed by atoms with E-state index in [2.05, 4.69) is 5.10 Å². The zero-order chi connectivity index (χ0) is 14.3. The van der Waals surface area contributed by atoms with Crippen LogP contribution in [-0.4, -0.2) is 24.0 Å². The molecule has 0 bridgehead atoms. The number of aryl methyl sites for hydroxylation is 1. The van der Waals surface area contributed by atoms with Gasteiger partial charge in [0.25, 0.3) is 0 Å². The number of nitrogens with zero attached hydrogens (tertiary/aromatic N) is 2. The highest BCUT2D eigenvalue weighted by Gasteiger charge is 2.31. The van der Waals surface area contributed by atoms with Crippen LogP contribution in [0.1, 0.15) is 24.5 Å². The van der Waals surface area contributed by atoms with Gasteiger partial charge in [-0.25, -0.2) is 0 Å². The highest BCUT2D eigenvalue weighted by atomic mass is 16.5. The molecule has 0 saturated heterocycles. The van der Waals surface area contributed by atoms with Crippen molar-refractivity contribution in [2.75, 3.05) is 20.0 Å². The van der Waals surface area contributed by atoms with Crippen molar-refractivity contribution in [3.8, 4) is 22.6 Å². The van der Waals surface area contributed by atoms with Crippen LogP contribution < -0.4 is 15.2 Å². The van der Waals surface area contributed by atoms with Gasteiger partial charge in [0.05, 0.1) is 19.9 Å². The second-order valence-electron chi connectivity index (χ2n) is 5.11. The highest BCUT2D eigenvalue weighted by Crippen LogP contribution is 2.46. The molecule has 1 fully saturated rings. The van der Waals surface area contributed by atoms with Crippen LogP contribution in [0.5, 0.6) is 11.5 Å². The molecule has 1 saturated carbocycles. The average Bonchev–Trinajstić information content (AvgIpc) is 3.26. The van der Waals surface area contributed by atoms with E-state index in [1.165, 1.54) is 12.8 Å². The molecule has 0 aliphatic heterocycles. The molecular weight excluding hydrogens is 254 g/mol. The number of rotatable bonds is 4. The maximum Gasteiger partial charge on any atom is 0.161 e. The third-order valence-electron chi connectivity index (χ3n) is 3.75. The number of anilines is 1. The van der Waals surface area contributed by atoms with Crippen molar-refractivity contribution >= 4 is 5.82 Å². The molecule has 5 nitrogen and oxygen atoms in total. The van der Waals surface area contributed by atoms with Crippen LogP contribution in [0.25, 0.3) is 11.1 Å². The molecule has 0 amide bonds. The van der Waals surface area contributed by atoms with Crippen molar-refractivity contribution in [1.82, 2.24) is 9.78 Å². The average molecular weight is 273 g/mol. The molecule has 0 spiro atoms. The molecule has 1 aliphatic rings. The molecule has 20 heavy (non-hydrogen) atoms. The highest BCUT2D eigenvalue weighted by molar-refractivity contribution is 5.79. The monoisotopic (exact) mass is 273 g/mol. The third kappa shape index (κ3) is 1.99. The normalized spacial score (nSPS) is 14.3. The van der Waals surface area contributed by atoms with Crippen molar-refractivity contribution in [2.45, 2.75) is 18.8 Å². The molecule has 1 aromatic heterocycles. The van der Waals surface area contributed by atoms with E-state index < -0.39 is 0 Å². The lowest BCUT2D eigenvalue weighted by atomic mass is 10.0. The topological polar surface area (TPSA) is 62.3 Å². The van der Waals surface area contributed by atoms with Crippen LogP contribution in [-0.2, 0) is 7.05 Å². The number of benzene rings is 1. The Morgan fingerprint density at radius 1 is 1.20 bits per heavy atom. The summed E-state index contributed by atoms with van der Waals surface area (Å²) < 4.78 is 12.4. The largest absolute Gasteiger partial charge is 0.493 e. The van der Waals surface area contributed by atoms with Gasteiger partial charge in [0.1, 0.15) is 5.82 Å². The minimum Gasteiger partial charge on any atom is -0.493 e. The first-order valence-electron chi connectivity index (χ1n) is 6.70. The summed E-state index contributed by atoms with van der Waals surface area (Å²) in [5, 5.41) is 4.57. The van der Waals surface area contributed by atoms with E-state index in [0.717, 1.165) is 16.8 Å². The van der Waals surface area contributed by atoms with E-state index in [1.807, 2.05) is 25.2 Å². The molecule has 1 aromatic carbocycles. The maximum absolute atomic E-state index is 6.19. The van der Waals surface area contributed by atoms with Crippen LogP contribution >= 0.6 is 0 Å². The lowest BCUT2D eigenvalue weighted by molar-refractivity contribution is 0.355. The Morgan fingerprint density at radius 2 is 1.90 bits per heavy atom. The van der Waals surface area contributed by atoms with E-state index in [-0.39, 0.29) is 0 Å². The lowest BCUT2D eigenvalue weighted by Gasteiger charge is -2.10. The van der Waals surface area contributed by atoms with Gasteiger partial charge in [0.15, 0.2) is 11.5 Å². The summed E-state index contributed by atoms with van der Waals surface area (Å²) in [4.78, 5) is 0. The number of ether oxygens (including phenoxy) is 2. The number of hydrogen-bond donors (Lipinski definition) is 1. The number of methoxy groups -OCH3 is 2. The number of nitrogen functional groups attached to an aromatic ring is 1. The van der Waals surface area contributed by atoms with Gasteiger partial charge in [-0.1, -0.05) is 6.07 Å². The second-order valence-corrected chi connectivity index (χ2v) is 5.11. The van der Waals surface area contributed by atoms with E-state index >= 15 is 0 Å². The summed E-state index contributed by atoms with van der Waals surface area (Å²) in [6, 6.07) is 5.86. The zero-order valence-corrected chi connectivity index (χ0v) is 12.0. The van der Waals surface area contributed by atoms with Gasteiger partial charge in [-0.05, 0) is 30.5 Å². The minimum atomic E-state index is 0.543. The Labute approximate surface area is 118 Å². The van der Waals surface area contributed by atoms with E-state index in [0.29, 0.717) is 23.2 Å². The van der Waals surface area contributed by atoms with E-state index in [1.54, 1.807) is 18.9 Å². The van der Waals surface area contributed by atoms with Crippen LogP contribution in [0.2, 0.25) is 0 Å². The van der Waals surface area contributed by atoms with Gasteiger partial charge < -0.3 is 15.2 Å². The first-order chi connectivity index (χ1) is 9.65. The van der Waals surface area contributed by atoms with Gasteiger partial charge in [-0.15, -0.1) is 0 Å². The molecule has 3 rings (SSSR count). The quantitative estimate of drug-likeness (QED) is 0.930. The summed E-state index contributed by atoms with van der Waals surface area (Å²) >= 11 is 0. The Bertz CT molecular complexity index is 645. The van der Waals surface area contributed by atoms with Gasteiger partial charge in [-0.3, -0.25) is 4.68 Å². The molecule has 1 aliphatic carbocycles. The van der Waals surface area contributed by atoms with Crippen molar-refractivity contribution in [2.24, 2.45) is 7.05 Å². The molecule has 0 atom stereocenters. The van der Waals surface area contributed by atoms with E-state index in [9.17, 15) is 0 Å². The predicted molar refractivity (Wildman–Crippen MR) is 78.1 cm³/mol. The summed E-state index contributed by atoms with van der Waals surface area (Å²) in [6.07, 6.45) is 2.38. The van der Waals surface area contributed by atoms with Crippen LogP contribution in [0, 0.1) is 0 Å². The number of aromatic nitrogens is 2. The van der Waals surface area contributed by atoms with Crippen molar-refractivity contribution < 1.29 is 9.47 Å².